The van der Waals surface area contributed by atoms with Crippen LogP contribution in [0, 0.1) is 5.82 Å². The van der Waals surface area contributed by atoms with Gasteiger partial charge in [0.1, 0.15) is 5.82 Å². The summed E-state index contributed by atoms with van der Waals surface area (Å²) in [7, 11) is 0. The van der Waals surface area contributed by atoms with E-state index in [2.05, 4.69) is 4.98 Å². The summed E-state index contributed by atoms with van der Waals surface area (Å²) in [6.07, 6.45) is 1.34. The predicted octanol–water partition coefficient (Wildman–Crippen LogP) is 3.13. The Balaban J connectivity index is 2.83. The molecule has 2 N–H and O–H groups in total. The van der Waals surface area contributed by atoms with Gasteiger partial charge in [0, 0.05) is 6.20 Å². The first-order valence-corrected chi connectivity index (χ1v) is 5.05. The lowest BCUT2D eigenvalue weighted by Crippen LogP contribution is -1.96. The molecule has 0 fully saturated rings. The van der Waals surface area contributed by atoms with E-state index in [9.17, 15) is 9.18 Å². The maximum atomic E-state index is 13.6. The van der Waals surface area contributed by atoms with Crippen molar-refractivity contribution < 1.29 is 14.3 Å². The molecular weight excluding hydrogens is 209 g/mol. The van der Waals surface area contributed by atoms with Crippen molar-refractivity contribution >= 4 is 16.9 Å². The lowest BCUT2D eigenvalue weighted by molar-refractivity contribution is 0.0699. The van der Waals surface area contributed by atoms with E-state index in [-0.39, 0.29) is 16.9 Å². The van der Waals surface area contributed by atoms with Crippen LogP contribution in [0.3, 0.4) is 0 Å². The molecule has 0 amide bonds. The molecule has 0 saturated carbocycles. The molecule has 0 aliphatic heterocycles. The summed E-state index contributed by atoms with van der Waals surface area (Å²) in [5.74, 6) is -1.41. The van der Waals surface area contributed by atoms with Gasteiger partial charge in [-0.2, -0.15) is 0 Å². The highest BCUT2D eigenvalue weighted by atomic mass is 19.1. The van der Waals surface area contributed by atoms with E-state index < -0.39 is 11.8 Å². The molecule has 0 bridgehead atoms. The van der Waals surface area contributed by atoms with E-state index in [0.29, 0.717) is 5.52 Å². The zero-order valence-electron chi connectivity index (χ0n) is 9.04. The molecule has 84 valence electrons. The molecule has 0 aliphatic carbocycles. The number of aromatic carboxylic acids is 1. The topological polar surface area (TPSA) is 53.1 Å². The molecule has 0 unspecified atom stereocenters. The van der Waals surface area contributed by atoms with E-state index >= 15 is 0 Å². The molecule has 0 spiro atoms. The zero-order valence-corrected chi connectivity index (χ0v) is 9.04. The van der Waals surface area contributed by atoms with E-state index in [4.69, 9.17) is 5.11 Å². The number of benzene rings is 1. The summed E-state index contributed by atoms with van der Waals surface area (Å²) in [6, 6.07) is 3.00. The van der Waals surface area contributed by atoms with Crippen molar-refractivity contribution in [2.45, 2.75) is 19.8 Å². The third-order valence-corrected chi connectivity index (χ3v) is 2.67. The maximum Gasteiger partial charge on any atom is 0.337 e. The minimum Gasteiger partial charge on any atom is -0.478 e. The molecule has 2 aromatic rings. The number of hydrogen-bond acceptors (Lipinski definition) is 1. The van der Waals surface area contributed by atoms with Crippen LogP contribution in [-0.2, 0) is 0 Å². The highest BCUT2D eigenvalue weighted by Gasteiger charge is 2.17. The summed E-state index contributed by atoms with van der Waals surface area (Å²) in [4.78, 5) is 13.8. The third kappa shape index (κ3) is 1.46. The molecule has 16 heavy (non-hydrogen) atoms. The monoisotopic (exact) mass is 221 g/mol. The van der Waals surface area contributed by atoms with E-state index in [1.165, 1.54) is 12.3 Å². The summed E-state index contributed by atoms with van der Waals surface area (Å²) < 4.78 is 13.6. The molecular formula is C12H12FNO2. The Morgan fingerprint density at radius 2 is 2.12 bits per heavy atom. The van der Waals surface area contributed by atoms with Crippen LogP contribution in [0.15, 0.2) is 18.3 Å². The van der Waals surface area contributed by atoms with Gasteiger partial charge in [0.2, 0.25) is 0 Å². The first-order chi connectivity index (χ1) is 7.52. The third-order valence-electron chi connectivity index (χ3n) is 2.67. The van der Waals surface area contributed by atoms with Crippen molar-refractivity contribution in [1.29, 1.82) is 0 Å². The van der Waals surface area contributed by atoms with Gasteiger partial charge < -0.3 is 10.1 Å². The fourth-order valence-corrected chi connectivity index (χ4v) is 1.88. The van der Waals surface area contributed by atoms with Gasteiger partial charge in [0.25, 0.3) is 0 Å². The molecule has 1 aromatic carbocycles. The average molecular weight is 221 g/mol. The Labute approximate surface area is 91.9 Å². The molecule has 2 rings (SSSR count). The van der Waals surface area contributed by atoms with Crippen molar-refractivity contribution in [2.24, 2.45) is 0 Å². The molecule has 3 nitrogen and oxygen atoms in total. The lowest BCUT2D eigenvalue weighted by Gasteiger charge is -2.07. The number of aromatic amines is 1. The number of carbonyl (C=O) groups is 1. The van der Waals surface area contributed by atoms with Crippen molar-refractivity contribution in [1.82, 2.24) is 4.98 Å². The summed E-state index contributed by atoms with van der Waals surface area (Å²) >= 11 is 0. The molecule has 1 aromatic heterocycles. The molecule has 0 radical (unpaired) electrons. The number of nitrogens with one attached hydrogen (secondary N) is 1. The average Bonchev–Trinajstić information content (AvgIpc) is 2.62. The summed E-state index contributed by atoms with van der Waals surface area (Å²) in [6.45, 7) is 3.96. The number of rotatable bonds is 2. The number of hydrogen-bond donors (Lipinski definition) is 2. The smallest absolute Gasteiger partial charge is 0.337 e. The van der Waals surface area contributed by atoms with Crippen LogP contribution in [-0.4, -0.2) is 16.1 Å². The van der Waals surface area contributed by atoms with Crippen LogP contribution < -0.4 is 0 Å². The second-order valence-electron chi connectivity index (χ2n) is 4.05. The molecule has 0 aliphatic rings. The van der Waals surface area contributed by atoms with Crippen LogP contribution in [0.25, 0.3) is 10.9 Å². The van der Waals surface area contributed by atoms with Crippen LogP contribution in [0.1, 0.15) is 35.7 Å². The van der Waals surface area contributed by atoms with Crippen molar-refractivity contribution in [2.75, 3.05) is 0 Å². The van der Waals surface area contributed by atoms with Gasteiger partial charge in [-0.1, -0.05) is 19.9 Å². The lowest BCUT2D eigenvalue weighted by atomic mass is 9.99. The van der Waals surface area contributed by atoms with Gasteiger partial charge >= 0.3 is 5.97 Å². The van der Waals surface area contributed by atoms with Gasteiger partial charge in [-0.3, -0.25) is 0 Å². The largest absolute Gasteiger partial charge is 0.478 e. The minimum absolute atomic E-state index is 0.0185. The Bertz CT molecular complexity index is 557. The highest BCUT2D eigenvalue weighted by Crippen LogP contribution is 2.29. The number of aromatic nitrogens is 1. The van der Waals surface area contributed by atoms with Crippen molar-refractivity contribution in [3.8, 4) is 0 Å². The van der Waals surface area contributed by atoms with Crippen LogP contribution in [0.4, 0.5) is 4.39 Å². The standard InChI is InChI=1S/C12H12FNO2/c1-6(2)7-3-4-9(13)10-8(12(15)16)5-14-11(7)10/h3-6,14H,1-2H3,(H,15,16). The van der Waals surface area contributed by atoms with Crippen LogP contribution in [0.2, 0.25) is 0 Å². The molecule has 4 heteroatoms. The first-order valence-electron chi connectivity index (χ1n) is 5.05. The first kappa shape index (κ1) is 10.7. The van der Waals surface area contributed by atoms with E-state index in [1.807, 2.05) is 13.8 Å². The second kappa shape index (κ2) is 3.63. The van der Waals surface area contributed by atoms with E-state index in [0.717, 1.165) is 5.56 Å². The predicted molar refractivity (Wildman–Crippen MR) is 59.3 cm³/mol. The summed E-state index contributed by atoms with van der Waals surface area (Å²) in [5.41, 5.74) is 1.48. The van der Waals surface area contributed by atoms with Crippen LogP contribution >= 0.6 is 0 Å². The Kier molecular flexibility index (Phi) is 2.42. The summed E-state index contributed by atoms with van der Waals surface area (Å²) in [5, 5.41) is 9.10. The number of H-pyrrole nitrogens is 1. The van der Waals surface area contributed by atoms with Crippen LogP contribution in [0.5, 0.6) is 0 Å². The highest BCUT2D eigenvalue weighted by molar-refractivity contribution is 6.04. The van der Waals surface area contributed by atoms with Crippen molar-refractivity contribution in [3.05, 3.63) is 35.3 Å². The molecule has 0 atom stereocenters. The number of carboxylic acid groups (broad SMARTS) is 1. The SMILES string of the molecule is CC(C)c1ccc(F)c2c(C(=O)O)c[nH]c12. The molecule has 1 heterocycles. The van der Waals surface area contributed by atoms with Gasteiger partial charge in [0.05, 0.1) is 16.5 Å². The van der Waals surface area contributed by atoms with Crippen molar-refractivity contribution in [3.63, 3.8) is 0 Å². The fraction of sp³-hybridized carbons (Fsp3) is 0.250. The Morgan fingerprint density at radius 1 is 1.44 bits per heavy atom. The maximum absolute atomic E-state index is 13.6. The second-order valence-corrected chi connectivity index (χ2v) is 4.05. The zero-order chi connectivity index (χ0) is 11.9. The number of carboxylic acids is 1. The quantitative estimate of drug-likeness (QED) is 0.818. The fourth-order valence-electron chi connectivity index (χ4n) is 1.88. The minimum atomic E-state index is -1.12. The normalized spacial score (nSPS) is 11.2. The van der Waals surface area contributed by atoms with E-state index in [1.54, 1.807) is 6.07 Å². The molecule has 0 saturated heterocycles. The Morgan fingerprint density at radius 3 is 2.69 bits per heavy atom. The van der Waals surface area contributed by atoms with Gasteiger partial charge in [-0.25, -0.2) is 9.18 Å². The van der Waals surface area contributed by atoms with Gasteiger partial charge in [-0.05, 0) is 17.5 Å². The number of halogens is 1. The van der Waals surface area contributed by atoms with Gasteiger partial charge in [0.15, 0.2) is 0 Å². The number of fused-ring (bicyclic) bond motifs is 1. The Hall–Kier alpha value is -1.84. The van der Waals surface area contributed by atoms with Gasteiger partial charge in [-0.15, -0.1) is 0 Å².